The van der Waals surface area contributed by atoms with Gasteiger partial charge in [0, 0.05) is 11.1 Å². The number of benzene rings is 4. The van der Waals surface area contributed by atoms with Crippen LogP contribution in [-0.2, 0) is 0 Å². The Labute approximate surface area is 182 Å². The molecule has 1 aliphatic heterocycles. The van der Waals surface area contributed by atoms with Crippen LogP contribution in [0.15, 0.2) is 91.0 Å². The SMILES string of the molecule is c1ccc2c(c1)Oc1cccc3nc(-c4ccc(-c5nc6ccccc6s5)cc4)n-2c13. The first-order valence-electron chi connectivity index (χ1n) is 10.1. The van der Waals surface area contributed by atoms with E-state index in [-0.39, 0.29) is 0 Å². The normalized spacial score (nSPS) is 12.1. The molecule has 0 amide bonds. The van der Waals surface area contributed by atoms with Crippen LogP contribution in [0.4, 0.5) is 0 Å². The fourth-order valence-corrected chi connectivity index (χ4v) is 5.18. The minimum atomic E-state index is 0.834. The van der Waals surface area contributed by atoms with Crippen LogP contribution in [0, 0.1) is 0 Å². The quantitative estimate of drug-likeness (QED) is 0.302. The van der Waals surface area contributed by atoms with Gasteiger partial charge in [-0.25, -0.2) is 9.97 Å². The Bertz CT molecular complexity index is 1580. The van der Waals surface area contributed by atoms with Gasteiger partial charge in [-0.2, -0.15) is 0 Å². The molecule has 0 radical (unpaired) electrons. The lowest BCUT2D eigenvalue weighted by atomic mass is 10.1. The van der Waals surface area contributed by atoms with Crippen LogP contribution in [0.3, 0.4) is 0 Å². The molecule has 0 N–H and O–H groups in total. The smallest absolute Gasteiger partial charge is 0.153 e. The highest BCUT2D eigenvalue weighted by Crippen LogP contribution is 2.43. The number of rotatable bonds is 2. The number of thiazole rings is 1. The van der Waals surface area contributed by atoms with Gasteiger partial charge in [-0.1, -0.05) is 54.6 Å². The van der Waals surface area contributed by atoms with Gasteiger partial charge in [0.15, 0.2) is 11.5 Å². The summed E-state index contributed by atoms with van der Waals surface area (Å²) in [5.41, 5.74) is 6.16. The zero-order valence-electron chi connectivity index (χ0n) is 16.3. The first kappa shape index (κ1) is 16.8. The highest BCUT2D eigenvalue weighted by molar-refractivity contribution is 7.21. The number of aromatic nitrogens is 3. The van der Waals surface area contributed by atoms with Crippen molar-refractivity contribution in [1.29, 1.82) is 0 Å². The summed E-state index contributed by atoms with van der Waals surface area (Å²) < 4.78 is 9.54. The fraction of sp³-hybridized carbons (Fsp3) is 0. The zero-order chi connectivity index (χ0) is 20.4. The van der Waals surface area contributed by atoms with E-state index >= 15 is 0 Å². The monoisotopic (exact) mass is 417 g/mol. The Morgan fingerprint density at radius 2 is 1.39 bits per heavy atom. The molecule has 5 heteroatoms. The van der Waals surface area contributed by atoms with Crippen molar-refractivity contribution < 1.29 is 4.74 Å². The van der Waals surface area contributed by atoms with Gasteiger partial charge in [-0.15, -0.1) is 11.3 Å². The first-order chi connectivity index (χ1) is 15.3. The number of fused-ring (bicyclic) bond motifs is 3. The molecule has 0 saturated carbocycles. The molecule has 4 aromatic carbocycles. The zero-order valence-corrected chi connectivity index (χ0v) is 17.1. The lowest BCUT2D eigenvalue weighted by molar-refractivity contribution is 0.476. The number of nitrogens with zero attached hydrogens (tertiary/aromatic N) is 3. The summed E-state index contributed by atoms with van der Waals surface area (Å²) in [6.07, 6.45) is 0. The van der Waals surface area contributed by atoms with Crippen LogP contribution in [0.1, 0.15) is 0 Å². The predicted octanol–water partition coefficient (Wildman–Crippen LogP) is 7.07. The van der Waals surface area contributed by atoms with Crippen molar-refractivity contribution in [2.24, 2.45) is 0 Å². The third kappa shape index (κ3) is 2.47. The highest BCUT2D eigenvalue weighted by atomic mass is 32.1. The van der Waals surface area contributed by atoms with Crippen LogP contribution in [0.2, 0.25) is 0 Å². The van der Waals surface area contributed by atoms with E-state index in [0.29, 0.717) is 0 Å². The van der Waals surface area contributed by atoms with E-state index < -0.39 is 0 Å². The molecule has 7 rings (SSSR count). The molecule has 6 aromatic rings. The van der Waals surface area contributed by atoms with E-state index in [1.54, 1.807) is 11.3 Å². The summed E-state index contributed by atoms with van der Waals surface area (Å²) in [7, 11) is 0. The van der Waals surface area contributed by atoms with Gasteiger partial charge >= 0.3 is 0 Å². The summed E-state index contributed by atoms with van der Waals surface area (Å²) in [6, 6.07) is 30.9. The Morgan fingerprint density at radius 3 is 2.29 bits per heavy atom. The van der Waals surface area contributed by atoms with Gasteiger partial charge in [0.1, 0.15) is 16.3 Å². The number of hydrogen-bond donors (Lipinski definition) is 0. The van der Waals surface area contributed by atoms with Crippen molar-refractivity contribution in [2.45, 2.75) is 0 Å². The molecule has 146 valence electrons. The predicted molar refractivity (Wildman–Crippen MR) is 125 cm³/mol. The topological polar surface area (TPSA) is 39.9 Å². The lowest BCUT2D eigenvalue weighted by Crippen LogP contribution is -2.05. The summed E-state index contributed by atoms with van der Waals surface area (Å²) in [5, 5.41) is 1.03. The maximum Gasteiger partial charge on any atom is 0.153 e. The van der Waals surface area contributed by atoms with Crippen molar-refractivity contribution in [1.82, 2.24) is 14.5 Å². The first-order valence-corrected chi connectivity index (χ1v) is 10.9. The van der Waals surface area contributed by atoms with Crippen LogP contribution >= 0.6 is 11.3 Å². The van der Waals surface area contributed by atoms with Crippen molar-refractivity contribution in [2.75, 3.05) is 0 Å². The third-order valence-electron chi connectivity index (χ3n) is 5.65. The van der Waals surface area contributed by atoms with E-state index in [4.69, 9.17) is 14.7 Å². The second kappa shape index (κ2) is 6.27. The molecular weight excluding hydrogens is 402 g/mol. The van der Waals surface area contributed by atoms with Crippen molar-refractivity contribution in [3.63, 3.8) is 0 Å². The average Bonchev–Trinajstić information content (AvgIpc) is 3.43. The number of imidazole rings is 1. The van der Waals surface area contributed by atoms with Gasteiger partial charge in [-0.3, -0.25) is 4.57 Å². The Morgan fingerprint density at radius 1 is 0.645 bits per heavy atom. The molecule has 0 bridgehead atoms. The number of para-hydroxylation sites is 4. The van der Waals surface area contributed by atoms with Crippen LogP contribution < -0.4 is 4.74 Å². The molecule has 3 heterocycles. The molecule has 4 nitrogen and oxygen atoms in total. The molecule has 31 heavy (non-hydrogen) atoms. The molecule has 0 aliphatic carbocycles. The summed E-state index contributed by atoms with van der Waals surface area (Å²) in [6.45, 7) is 0. The number of hydrogen-bond acceptors (Lipinski definition) is 4. The Hall–Kier alpha value is -3.96. The number of ether oxygens (including phenoxy) is 1. The fourth-order valence-electron chi connectivity index (χ4n) is 4.21. The lowest BCUT2D eigenvalue weighted by Gasteiger charge is -2.20. The van der Waals surface area contributed by atoms with Gasteiger partial charge in [0.25, 0.3) is 0 Å². The molecule has 1 aliphatic rings. The van der Waals surface area contributed by atoms with Crippen molar-refractivity contribution in [3.05, 3.63) is 91.0 Å². The molecule has 0 fully saturated rings. The van der Waals surface area contributed by atoms with E-state index in [9.17, 15) is 0 Å². The van der Waals surface area contributed by atoms with E-state index in [0.717, 1.165) is 55.7 Å². The molecule has 0 atom stereocenters. The van der Waals surface area contributed by atoms with Crippen LogP contribution in [0.5, 0.6) is 11.5 Å². The molecule has 0 spiro atoms. The maximum atomic E-state index is 6.14. The minimum Gasteiger partial charge on any atom is -0.453 e. The second-order valence-electron chi connectivity index (χ2n) is 7.53. The van der Waals surface area contributed by atoms with Gasteiger partial charge in [-0.05, 0) is 36.4 Å². The minimum absolute atomic E-state index is 0.834. The molecule has 0 unspecified atom stereocenters. The Kier molecular flexibility index (Phi) is 3.40. The van der Waals surface area contributed by atoms with Crippen molar-refractivity contribution >= 4 is 32.6 Å². The molecular formula is C26H15N3OS. The summed E-state index contributed by atoms with van der Waals surface area (Å²) in [4.78, 5) is 9.75. The van der Waals surface area contributed by atoms with Crippen LogP contribution in [0.25, 0.3) is 48.9 Å². The standard InChI is InChI=1S/C26H15N3OS/c1-4-11-23-18(6-1)28-26(31-23)17-14-12-16(13-15-17)25-27-19-7-5-10-22-24(19)29(25)20-8-2-3-9-21(20)30-22/h1-15H. The van der Waals surface area contributed by atoms with Crippen LogP contribution in [-0.4, -0.2) is 14.5 Å². The summed E-state index contributed by atoms with van der Waals surface area (Å²) in [5.74, 6) is 2.59. The van der Waals surface area contributed by atoms with Gasteiger partial charge in [0.2, 0.25) is 0 Å². The Balaban J connectivity index is 1.39. The third-order valence-corrected chi connectivity index (χ3v) is 6.73. The highest BCUT2D eigenvalue weighted by Gasteiger charge is 2.24. The molecule has 2 aromatic heterocycles. The van der Waals surface area contributed by atoms with E-state index in [2.05, 4.69) is 53.1 Å². The van der Waals surface area contributed by atoms with Gasteiger partial charge < -0.3 is 4.74 Å². The maximum absolute atomic E-state index is 6.14. The molecule has 0 saturated heterocycles. The average molecular weight is 417 g/mol. The van der Waals surface area contributed by atoms with E-state index in [1.807, 2.05) is 42.5 Å². The van der Waals surface area contributed by atoms with E-state index in [1.165, 1.54) is 4.70 Å². The van der Waals surface area contributed by atoms with Crippen molar-refractivity contribution in [3.8, 4) is 39.1 Å². The largest absolute Gasteiger partial charge is 0.453 e. The second-order valence-corrected chi connectivity index (χ2v) is 8.56. The van der Waals surface area contributed by atoms with Gasteiger partial charge in [0.05, 0.1) is 21.4 Å². The summed E-state index contributed by atoms with van der Waals surface area (Å²) >= 11 is 1.72.